The summed E-state index contributed by atoms with van der Waals surface area (Å²) >= 11 is 9.91. The number of benzene rings is 6. The molecule has 0 amide bonds. The lowest BCUT2D eigenvalue weighted by atomic mass is 9.70. The van der Waals surface area contributed by atoms with Gasteiger partial charge in [-0.05, 0) is 101 Å². The number of hydrogen-bond acceptors (Lipinski definition) is 2. The third kappa shape index (κ3) is 2.59. The van der Waals surface area contributed by atoms with Crippen molar-refractivity contribution in [1.82, 2.24) is 0 Å². The van der Waals surface area contributed by atoms with Crippen molar-refractivity contribution < 1.29 is 4.42 Å². The summed E-state index contributed by atoms with van der Waals surface area (Å²) < 4.78 is 11.3. The lowest BCUT2D eigenvalue weighted by molar-refractivity contribution is 0.666. The van der Waals surface area contributed by atoms with Crippen LogP contribution in [-0.2, 0) is 5.41 Å². The second kappa shape index (κ2) is 7.77. The largest absolute Gasteiger partial charge is 0.455 e. The van der Waals surface area contributed by atoms with Crippen molar-refractivity contribution in [3.8, 4) is 22.3 Å². The van der Waals surface area contributed by atoms with Crippen molar-refractivity contribution in [2.75, 3.05) is 0 Å². The van der Waals surface area contributed by atoms with Gasteiger partial charge in [0.25, 0.3) is 0 Å². The molecule has 192 valence electrons. The van der Waals surface area contributed by atoms with Gasteiger partial charge in [0.05, 0.1) is 14.6 Å². The van der Waals surface area contributed by atoms with Gasteiger partial charge < -0.3 is 4.42 Å². The van der Waals surface area contributed by atoms with E-state index in [0.717, 1.165) is 25.5 Å². The van der Waals surface area contributed by atoms with E-state index in [-0.39, 0.29) is 0 Å². The maximum atomic E-state index is 6.56. The predicted molar refractivity (Wildman–Crippen MR) is 178 cm³/mol. The Hall–Kier alpha value is -3.70. The number of furan rings is 1. The van der Waals surface area contributed by atoms with Crippen LogP contribution < -0.4 is 0 Å². The Balaban J connectivity index is 1.55. The Morgan fingerprint density at radius 2 is 1.15 bits per heavy atom. The fraction of sp³-hybridized carbons (Fsp3) is 0.0270. The number of rotatable bonds is 0. The highest BCUT2D eigenvalue weighted by atomic mass is 79.9. The highest BCUT2D eigenvalue weighted by Crippen LogP contribution is 2.67. The van der Waals surface area contributed by atoms with Gasteiger partial charge >= 0.3 is 0 Å². The second-order valence-electron chi connectivity index (χ2n) is 11.0. The van der Waals surface area contributed by atoms with Gasteiger partial charge in [-0.15, -0.1) is 11.3 Å². The Morgan fingerprint density at radius 1 is 0.561 bits per heavy atom. The molecule has 0 atom stereocenters. The third-order valence-electron chi connectivity index (χ3n) is 9.22. The van der Waals surface area contributed by atoms with Gasteiger partial charge in [0.1, 0.15) is 11.2 Å². The van der Waals surface area contributed by atoms with Crippen LogP contribution in [0, 0.1) is 0 Å². The van der Waals surface area contributed by atoms with Crippen LogP contribution in [0.2, 0.25) is 0 Å². The Bertz CT molecular complexity index is 2290. The first-order chi connectivity index (χ1) is 20.2. The summed E-state index contributed by atoms with van der Waals surface area (Å²) in [4.78, 5) is 0. The van der Waals surface area contributed by atoms with Crippen molar-refractivity contribution >= 4 is 85.3 Å². The molecule has 2 aliphatic carbocycles. The lowest BCUT2D eigenvalue weighted by Crippen LogP contribution is -2.26. The summed E-state index contributed by atoms with van der Waals surface area (Å²) in [5.41, 5.74) is 11.9. The van der Waals surface area contributed by atoms with Crippen LogP contribution in [0.3, 0.4) is 0 Å². The van der Waals surface area contributed by atoms with E-state index < -0.39 is 5.41 Å². The summed E-state index contributed by atoms with van der Waals surface area (Å²) in [6.45, 7) is 0. The molecule has 0 bridgehead atoms. The summed E-state index contributed by atoms with van der Waals surface area (Å²) in [6, 6.07) is 40.0. The summed E-state index contributed by atoms with van der Waals surface area (Å²) in [7, 11) is 0. The molecule has 0 saturated carbocycles. The molecule has 0 radical (unpaired) electrons. The monoisotopic (exact) mass is 668 g/mol. The van der Waals surface area contributed by atoms with E-state index >= 15 is 0 Å². The zero-order valence-electron chi connectivity index (χ0n) is 21.5. The van der Waals surface area contributed by atoms with Crippen LogP contribution in [-0.4, -0.2) is 0 Å². The zero-order valence-corrected chi connectivity index (χ0v) is 25.5. The number of thiophene rings is 1. The topological polar surface area (TPSA) is 13.1 Å². The molecular weight excluding hydrogens is 652 g/mol. The molecular formula is C37H18Br2OS. The SMILES string of the molecule is Brc1cc2c(c3c1oc1ccccc13)-c1c(cc(Br)c3sc4ccccc4c13)C21c2ccccc2-c2ccccc21. The van der Waals surface area contributed by atoms with Crippen LogP contribution in [0.15, 0.2) is 123 Å². The molecule has 1 spiro atoms. The molecule has 0 aliphatic heterocycles. The van der Waals surface area contributed by atoms with Crippen molar-refractivity contribution in [1.29, 1.82) is 0 Å². The summed E-state index contributed by atoms with van der Waals surface area (Å²) in [5.74, 6) is 0. The summed E-state index contributed by atoms with van der Waals surface area (Å²) in [6.07, 6.45) is 0. The van der Waals surface area contributed by atoms with Gasteiger partial charge in [-0.1, -0.05) is 84.9 Å². The molecule has 2 heterocycles. The molecule has 41 heavy (non-hydrogen) atoms. The molecule has 0 N–H and O–H groups in total. The minimum atomic E-state index is -0.452. The molecule has 8 aromatic rings. The zero-order chi connectivity index (χ0) is 27.0. The molecule has 2 aromatic heterocycles. The molecule has 4 heteroatoms. The van der Waals surface area contributed by atoms with Gasteiger partial charge in [0.15, 0.2) is 0 Å². The van der Waals surface area contributed by atoms with Gasteiger partial charge in [0.2, 0.25) is 0 Å². The standard InChI is InChI=1S/C37H18Br2OS/c38-27-17-25-33(31-21-11-3-7-15-29(21)40-35(27)31)34-26(18-28(39)36-32(34)22-12-4-8-16-30(22)41-36)37(25)23-13-5-1-9-19(23)20-10-2-6-14-24(20)37/h1-18H. The van der Waals surface area contributed by atoms with Crippen LogP contribution in [0.5, 0.6) is 0 Å². The van der Waals surface area contributed by atoms with E-state index in [4.69, 9.17) is 4.42 Å². The third-order valence-corrected chi connectivity index (χ3v) is 11.9. The van der Waals surface area contributed by atoms with Crippen molar-refractivity contribution in [3.63, 3.8) is 0 Å². The van der Waals surface area contributed by atoms with Crippen LogP contribution in [0.4, 0.5) is 0 Å². The van der Waals surface area contributed by atoms with E-state index in [0.29, 0.717) is 0 Å². The van der Waals surface area contributed by atoms with Gasteiger partial charge in [0, 0.05) is 30.7 Å². The fourth-order valence-corrected chi connectivity index (χ4v) is 10.1. The van der Waals surface area contributed by atoms with Crippen molar-refractivity contribution in [2.24, 2.45) is 0 Å². The molecule has 1 nitrogen and oxygen atoms in total. The minimum absolute atomic E-state index is 0.452. The van der Waals surface area contributed by atoms with Crippen LogP contribution >= 0.6 is 43.2 Å². The van der Waals surface area contributed by atoms with Gasteiger partial charge in [-0.2, -0.15) is 0 Å². The first kappa shape index (κ1) is 22.9. The predicted octanol–water partition coefficient (Wildman–Crippen LogP) is 11.8. The highest BCUT2D eigenvalue weighted by molar-refractivity contribution is 9.11. The maximum absolute atomic E-state index is 6.56. The Kier molecular flexibility index (Phi) is 4.34. The molecule has 0 fully saturated rings. The molecule has 6 aromatic carbocycles. The Labute approximate surface area is 256 Å². The minimum Gasteiger partial charge on any atom is -0.455 e. The number of fused-ring (bicyclic) bond motifs is 18. The normalized spacial score (nSPS) is 14.3. The molecule has 10 rings (SSSR count). The van der Waals surface area contributed by atoms with E-state index in [2.05, 4.69) is 141 Å². The lowest BCUT2D eigenvalue weighted by Gasteiger charge is -2.30. The van der Waals surface area contributed by atoms with E-state index in [1.54, 1.807) is 0 Å². The molecule has 0 unspecified atom stereocenters. The van der Waals surface area contributed by atoms with Crippen molar-refractivity contribution in [3.05, 3.63) is 140 Å². The van der Waals surface area contributed by atoms with Crippen LogP contribution in [0.25, 0.3) is 64.4 Å². The first-order valence-corrected chi connectivity index (χ1v) is 16.1. The van der Waals surface area contributed by atoms with Gasteiger partial charge in [-0.25, -0.2) is 0 Å². The molecule has 2 aliphatic rings. The van der Waals surface area contributed by atoms with E-state index in [1.807, 2.05) is 11.3 Å². The number of halogens is 2. The van der Waals surface area contributed by atoms with Crippen molar-refractivity contribution in [2.45, 2.75) is 5.41 Å². The maximum Gasteiger partial charge on any atom is 0.150 e. The quantitative estimate of drug-likeness (QED) is 0.157. The average molecular weight is 670 g/mol. The fourth-order valence-electron chi connectivity index (χ4n) is 7.79. The number of para-hydroxylation sites is 1. The summed E-state index contributed by atoms with van der Waals surface area (Å²) in [5, 5.41) is 4.96. The van der Waals surface area contributed by atoms with E-state index in [1.165, 1.54) is 70.1 Å². The smallest absolute Gasteiger partial charge is 0.150 e. The highest BCUT2D eigenvalue weighted by Gasteiger charge is 2.53. The Morgan fingerprint density at radius 3 is 1.90 bits per heavy atom. The van der Waals surface area contributed by atoms with E-state index in [9.17, 15) is 0 Å². The average Bonchev–Trinajstić information content (AvgIpc) is 3.73. The second-order valence-corrected chi connectivity index (χ2v) is 13.8. The van der Waals surface area contributed by atoms with Crippen LogP contribution in [0.1, 0.15) is 22.3 Å². The first-order valence-electron chi connectivity index (χ1n) is 13.7. The van der Waals surface area contributed by atoms with Gasteiger partial charge in [-0.3, -0.25) is 0 Å². The molecule has 0 saturated heterocycles. The number of hydrogen-bond donors (Lipinski definition) is 0.